The fraction of sp³-hybridized carbons (Fsp3) is 0.227. The van der Waals surface area contributed by atoms with Crippen molar-refractivity contribution in [3.05, 3.63) is 63.3 Å². The maximum absolute atomic E-state index is 14.0. The van der Waals surface area contributed by atoms with Crippen molar-refractivity contribution in [3.8, 4) is 11.5 Å². The maximum atomic E-state index is 14.0. The minimum atomic E-state index is -1.00. The van der Waals surface area contributed by atoms with Crippen LogP contribution in [0.5, 0.6) is 11.5 Å². The van der Waals surface area contributed by atoms with Gasteiger partial charge in [-0.05, 0) is 42.8 Å². The van der Waals surface area contributed by atoms with Crippen LogP contribution in [0.3, 0.4) is 0 Å². The second-order valence-electron chi connectivity index (χ2n) is 6.61. The predicted octanol–water partition coefficient (Wildman–Crippen LogP) is 5.13. The van der Waals surface area contributed by atoms with Crippen LogP contribution in [0.25, 0.3) is 6.08 Å². The van der Waals surface area contributed by atoms with Crippen LogP contribution in [0.2, 0.25) is 5.02 Å². The molecule has 0 spiro atoms. The standard InChI is InChI=1S/C22H19ClFNO5S2/c1-2-29-18-10-13(11-19-21(28)25(22(31)32-19)9-8-20(26)27)6-7-17(18)30-12-14-15(23)4-3-5-16(14)24/h3-7,10-11H,2,8-9,12H2,1H3,(H,26,27)/b19-11+. The van der Waals surface area contributed by atoms with Gasteiger partial charge in [0.25, 0.3) is 5.91 Å². The molecule has 1 fully saturated rings. The van der Waals surface area contributed by atoms with E-state index in [0.717, 1.165) is 11.8 Å². The number of carbonyl (C=O) groups is 2. The van der Waals surface area contributed by atoms with Gasteiger partial charge in [0, 0.05) is 12.1 Å². The highest BCUT2D eigenvalue weighted by atomic mass is 35.5. The third-order valence-corrected chi connectivity index (χ3v) is 6.15. The lowest BCUT2D eigenvalue weighted by atomic mass is 10.1. The number of aliphatic carboxylic acids is 1. The monoisotopic (exact) mass is 495 g/mol. The predicted molar refractivity (Wildman–Crippen MR) is 125 cm³/mol. The summed E-state index contributed by atoms with van der Waals surface area (Å²) < 4.78 is 25.7. The summed E-state index contributed by atoms with van der Waals surface area (Å²) in [5.41, 5.74) is 0.911. The molecule has 0 saturated carbocycles. The number of thiocarbonyl (C=S) groups is 1. The number of rotatable bonds is 9. The van der Waals surface area contributed by atoms with Crippen LogP contribution in [0.1, 0.15) is 24.5 Å². The summed E-state index contributed by atoms with van der Waals surface area (Å²) in [5, 5.41) is 9.11. The minimum Gasteiger partial charge on any atom is -0.490 e. The van der Waals surface area contributed by atoms with E-state index < -0.39 is 11.8 Å². The molecule has 168 valence electrons. The summed E-state index contributed by atoms with van der Waals surface area (Å²) in [6, 6.07) is 9.51. The van der Waals surface area contributed by atoms with Gasteiger partial charge in [-0.25, -0.2) is 4.39 Å². The number of ether oxygens (including phenoxy) is 2. The van der Waals surface area contributed by atoms with E-state index >= 15 is 0 Å². The first kappa shape index (κ1) is 24.0. The number of carboxylic acids is 1. The molecule has 3 rings (SSSR count). The quantitative estimate of drug-likeness (QED) is 0.381. The Hall–Kier alpha value is -2.62. The summed E-state index contributed by atoms with van der Waals surface area (Å²) in [6.07, 6.45) is 1.46. The van der Waals surface area contributed by atoms with E-state index in [0.29, 0.717) is 32.9 Å². The molecule has 0 aromatic heterocycles. The largest absolute Gasteiger partial charge is 0.490 e. The molecule has 0 bridgehead atoms. The molecular formula is C22H19ClFNO5S2. The van der Waals surface area contributed by atoms with E-state index in [2.05, 4.69) is 0 Å². The Labute approximate surface area is 198 Å². The van der Waals surface area contributed by atoms with Gasteiger partial charge in [-0.3, -0.25) is 14.5 Å². The fourth-order valence-electron chi connectivity index (χ4n) is 2.87. The van der Waals surface area contributed by atoms with E-state index in [-0.39, 0.29) is 36.1 Å². The van der Waals surface area contributed by atoms with E-state index in [1.165, 1.54) is 17.0 Å². The van der Waals surface area contributed by atoms with Crippen LogP contribution in [0.4, 0.5) is 4.39 Å². The highest BCUT2D eigenvalue weighted by Crippen LogP contribution is 2.35. The Balaban J connectivity index is 1.79. The fourth-order valence-corrected chi connectivity index (χ4v) is 4.40. The summed E-state index contributed by atoms with van der Waals surface area (Å²) >= 11 is 12.4. The molecular weight excluding hydrogens is 477 g/mol. The van der Waals surface area contributed by atoms with Crippen molar-refractivity contribution in [2.45, 2.75) is 20.0 Å². The van der Waals surface area contributed by atoms with Crippen molar-refractivity contribution in [1.29, 1.82) is 0 Å². The number of hydrogen-bond donors (Lipinski definition) is 1. The van der Waals surface area contributed by atoms with Gasteiger partial charge in [0.1, 0.15) is 16.7 Å². The summed E-state index contributed by atoms with van der Waals surface area (Å²) in [7, 11) is 0. The molecule has 6 nitrogen and oxygen atoms in total. The first-order valence-electron chi connectivity index (χ1n) is 9.59. The molecule has 0 atom stereocenters. The van der Waals surface area contributed by atoms with Gasteiger partial charge in [0.2, 0.25) is 0 Å². The van der Waals surface area contributed by atoms with Crippen LogP contribution >= 0.6 is 35.6 Å². The molecule has 1 aliphatic heterocycles. The molecule has 1 heterocycles. The number of hydrogen-bond acceptors (Lipinski definition) is 6. The second kappa shape index (κ2) is 10.8. The molecule has 2 aromatic rings. The van der Waals surface area contributed by atoms with E-state index in [9.17, 15) is 14.0 Å². The average molecular weight is 496 g/mol. The first-order valence-corrected chi connectivity index (χ1v) is 11.2. The molecule has 1 N–H and O–H groups in total. The van der Waals surface area contributed by atoms with Gasteiger partial charge in [0.15, 0.2) is 11.5 Å². The number of carbonyl (C=O) groups excluding carboxylic acids is 1. The molecule has 1 saturated heterocycles. The number of halogens is 2. The van der Waals surface area contributed by atoms with Crippen molar-refractivity contribution in [2.75, 3.05) is 13.2 Å². The second-order valence-corrected chi connectivity index (χ2v) is 8.69. The normalized spacial score (nSPS) is 14.8. The van der Waals surface area contributed by atoms with Gasteiger partial charge >= 0.3 is 5.97 Å². The zero-order valence-corrected chi connectivity index (χ0v) is 19.4. The molecule has 1 amide bonds. The van der Waals surface area contributed by atoms with Crippen molar-refractivity contribution in [3.63, 3.8) is 0 Å². The molecule has 2 aromatic carbocycles. The molecule has 1 aliphatic rings. The van der Waals surface area contributed by atoms with Gasteiger partial charge in [-0.15, -0.1) is 0 Å². The van der Waals surface area contributed by atoms with Crippen LogP contribution in [-0.2, 0) is 16.2 Å². The smallest absolute Gasteiger partial charge is 0.305 e. The highest BCUT2D eigenvalue weighted by Gasteiger charge is 2.32. The maximum Gasteiger partial charge on any atom is 0.305 e. The summed E-state index contributed by atoms with van der Waals surface area (Å²) in [4.78, 5) is 25.0. The third-order valence-electron chi connectivity index (χ3n) is 4.42. The number of amides is 1. The number of benzene rings is 2. The zero-order valence-electron chi connectivity index (χ0n) is 17.0. The molecule has 0 radical (unpaired) electrons. The molecule has 32 heavy (non-hydrogen) atoms. The Morgan fingerprint density at radius 1 is 1.28 bits per heavy atom. The molecule has 0 unspecified atom stereocenters. The molecule has 10 heteroatoms. The lowest BCUT2D eigenvalue weighted by Gasteiger charge is -2.14. The van der Waals surface area contributed by atoms with E-state index in [1.807, 2.05) is 6.92 Å². The summed E-state index contributed by atoms with van der Waals surface area (Å²) in [5.74, 6) is -0.977. The Morgan fingerprint density at radius 3 is 2.75 bits per heavy atom. The van der Waals surface area contributed by atoms with Crippen LogP contribution in [0, 0.1) is 5.82 Å². The third kappa shape index (κ3) is 5.79. The van der Waals surface area contributed by atoms with Crippen molar-refractivity contribution in [1.82, 2.24) is 4.90 Å². The Bertz CT molecular complexity index is 1070. The van der Waals surface area contributed by atoms with Crippen molar-refractivity contribution >= 4 is 57.9 Å². The Morgan fingerprint density at radius 2 is 2.06 bits per heavy atom. The van der Waals surface area contributed by atoms with Gasteiger partial charge in [-0.2, -0.15) is 0 Å². The minimum absolute atomic E-state index is 0.0208. The van der Waals surface area contributed by atoms with Gasteiger partial charge in [-0.1, -0.05) is 47.7 Å². The summed E-state index contributed by atoms with van der Waals surface area (Å²) in [6.45, 7) is 2.13. The SMILES string of the molecule is CCOc1cc(/C=C2/SC(=S)N(CCC(=O)O)C2=O)ccc1OCc1c(F)cccc1Cl. The van der Waals surface area contributed by atoms with Crippen molar-refractivity contribution in [2.24, 2.45) is 0 Å². The highest BCUT2D eigenvalue weighted by molar-refractivity contribution is 8.26. The first-order chi connectivity index (χ1) is 15.3. The number of nitrogens with zero attached hydrogens (tertiary/aromatic N) is 1. The van der Waals surface area contributed by atoms with Crippen LogP contribution < -0.4 is 9.47 Å². The van der Waals surface area contributed by atoms with E-state index in [1.54, 1.807) is 30.3 Å². The van der Waals surface area contributed by atoms with Crippen LogP contribution in [-0.4, -0.2) is 39.4 Å². The van der Waals surface area contributed by atoms with Crippen LogP contribution in [0.15, 0.2) is 41.3 Å². The molecule has 0 aliphatic carbocycles. The van der Waals surface area contributed by atoms with E-state index in [4.69, 9.17) is 38.4 Å². The average Bonchev–Trinajstić information content (AvgIpc) is 3.00. The lowest BCUT2D eigenvalue weighted by Crippen LogP contribution is -2.30. The van der Waals surface area contributed by atoms with Crippen molar-refractivity contribution < 1.29 is 28.6 Å². The number of carboxylic acid groups (broad SMARTS) is 1. The van der Waals surface area contributed by atoms with Gasteiger partial charge in [0.05, 0.1) is 23.0 Å². The zero-order chi connectivity index (χ0) is 23.3. The Kier molecular flexibility index (Phi) is 8.11. The van der Waals surface area contributed by atoms with Gasteiger partial charge < -0.3 is 14.6 Å². The number of thioether (sulfide) groups is 1. The lowest BCUT2D eigenvalue weighted by molar-refractivity contribution is -0.137. The topological polar surface area (TPSA) is 76.1 Å².